The summed E-state index contributed by atoms with van der Waals surface area (Å²) in [6, 6.07) is -0.651. The fourth-order valence-corrected chi connectivity index (χ4v) is 1.86. The molecule has 0 heterocycles. The molecule has 0 aromatic rings. The Bertz CT molecular complexity index is 328. The van der Waals surface area contributed by atoms with Crippen molar-refractivity contribution >= 4 is 18.0 Å². The minimum Gasteiger partial charge on any atom is -0.480 e. The maximum Gasteiger partial charge on any atom is 0.323 e. The molecule has 0 aromatic carbocycles. The quantitative estimate of drug-likeness (QED) is 0.504. The van der Waals surface area contributed by atoms with E-state index in [0.717, 1.165) is 30.6 Å². The number of rotatable bonds is 11. The van der Waals surface area contributed by atoms with E-state index in [1.807, 2.05) is 0 Å². The molecule has 2 amide bonds. The van der Waals surface area contributed by atoms with Crippen molar-refractivity contribution in [3.8, 4) is 0 Å². The van der Waals surface area contributed by atoms with Gasteiger partial charge in [-0.05, 0) is 12.3 Å². The second kappa shape index (κ2) is 10.9. The van der Waals surface area contributed by atoms with Gasteiger partial charge in [-0.15, -0.1) is 0 Å². The summed E-state index contributed by atoms with van der Waals surface area (Å²) in [6.07, 6.45) is 5.25. The van der Waals surface area contributed by atoms with Crippen molar-refractivity contribution in [3.63, 3.8) is 0 Å². The summed E-state index contributed by atoms with van der Waals surface area (Å²) in [5, 5.41) is 19.8. The van der Waals surface area contributed by atoms with Crippen LogP contribution in [0.15, 0.2) is 0 Å². The summed E-state index contributed by atoms with van der Waals surface area (Å²) in [6.45, 7) is 3.55. The molecule has 0 rings (SSSR count). The van der Waals surface area contributed by atoms with Crippen LogP contribution in [0.5, 0.6) is 0 Å². The van der Waals surface area contributed by atoms with Crippen LogP contribution in [0.3, 0.4) is 0 Å². The topological polar surface area (TPSA) is 107 Å². The summed E-state index contributed by atoms with van der Waals surface area (Å²) in [7, 11) is 0. The Morgan fingerprint density at radius 2 is 1.48 bits per heavy atom. The van der Waals surface area contributed by atoms with Gasteiger partial charge in [-0.1, -0.05) is 39.5 Å². The second-order valence-corrected chi connectivity index (χ2v) is 5.47. The molecule has 0 spiro atoms. The van der Waals surface area contributed by atoms with E-state index in [-0.39, 0.29) is 0 Å². The highest BCUT2D eigenvalue weighted by Crippen LogP contribution is 2.08. The molecule has 0 bridgehead atoms. The molecule has 0 saturated carbocycles. The van der Waals surface area contributed by atoms with E-state index in [1.54, 1.807) is 0 Å². The number of nitrogens with one attached hydrogen (secondary N) is 1. The molecule has 0 aliphatic rings. The zero-order valence-corrected chi connectivity index (χ0v) is 12.8. The normalized spacial score (nSPS) is 10.4. The molecule has 7 heteroatoms. The number of unbranched alkanes of at least 4 members (excludes halogenated alkanes) is 3. The van der Waals surface area contributed by atoms with Gasteiger partial charge in [0, 0.05) is 6.54 Å². The minimum absolute atomic E-state index is 0.427. The zero-order chi connectivity index (χ0) is 16.3. The Labute approximate surface area is 125 Å². The average molecular weight is 302 g/mol. The highest BCUT2D eigenvalue weighted by atomic mass is 16.4. The van der Waals surface area contributed by atoms with Crippen molar-refractivity contribution in [2.24, 2.45) is 5.92 Å². The van der Waals surface area contributed by atoms with E-state index >= 15 is 0 Å². The highest BCUT2D eigenvalue weighted by molar-refractivity contribution is 5.84. The minimum atomic E-state index is -1.24. The van der Waals surface area contributed by atoms with E-state index in [2.05, 4.69) is 19.2 Å². The van der Waals surface area contributed by atoms with Crippen molar-refractivity contribution in [2.75, 3.05) is 19.6 Å². The number of carbonyl (C=O) groups is 3. The number of carbonyl (C=O) groups excluding carboxylic acids is 1. The van der Waals surface area contributed by atoms with Gasteiger partial charge in [0.15, 0.2) is 0 Å². The SMILES string of the molecule is CC(C)CCCCCCNC(=O)N(CC(=O)O)CC(=O)O. The predicted molar refractivity (Wildman–Crippen MR) is 78.2 cm³/mol. The van der Waals surface area contributed by atoms with E-state index in [9.17, 15) is 14.4 Å². The van der Waals surface area contributed by atoms with Gasteiger partial charge in [0.1, 0.15) is 13.1 Å². The highest BCUT2D eigenvalue weighted by Gasteiger charge is 2.18. The third-order valence-corrected chi connectivity index (χ3v) is 2.92. The molecule has 0 atom stereocenters. The number of aliphatic carboxylic acids is 2. The molecule has 0 aromatic heterocycles. The Balaban J connectivity index is 3.87. The second-order valence-electron chi connectivity index (χ2n) is 5.47. The summed E-state index contributed by atoms with van der Waals surface area (Å²) in [5.41, 5.74) is 0. The van der Waals surface area contributed by atoms with Crippen LogP contribution in [-0.2, 0) is 9.59 Å². The molecular weight excluding hydrogens is 276 g/mol. The molecule has 0 aliphatic carbocycles. The smallest absolute Gasteiger partial charge is 0.323 e. The fraction of sp³-hybridized carbons (Fsp3) is 0.786. The monoisotopic (exact) mass is 302 g/mol. The molecule has 0 radical (unpaired) electrons. The first-order valence-corrected chi connectivity index (χ1v) is 7.29. The maximum atomic E-state index is 11.7. The number of urea groups is 1. The molecule has 0 fully saturated rings. The van der Waals surface area contributed by atoms with Crippen molar-refractivity contribution in [3.05, 3.63) is 0 Å². The lowest BCUT2D eigenvalue weighted by molar-refractivity contribution is -0.140. The van der Waals surface area contributed by atoms with Crippen LogP contribution in [0.25, 0.3) is 0 Å². The van der Waals surface area contributed by atoms with Crippen molar-refractivity contribution in [1.82, 2.24) is 10.2 Å². The Morgan fingerprint density at radius 3 is 1.95 bits per heavy atom. The Hall–Kier alpha value is -1.79. The number of carboxylic acids is 2. The van der Waals surface area contributed by atoms with Crippen molar-refractivity contribution in [1.29, 1.82) is 0 Å². The van der Waals surface area contributed by atoms with E-state index in [1.165, 1.54) is 6.42 Å². The molecule has 122 valence electrons. The molecule has 21 heavy (non-hydrogen) atoms. The van der Waals surface area contributed by atoms with Crippen LogP contribution in [0.1, 0.15) is 46.0 Å². The number of carboxylic acid groups (broad SMARTS) is 2. The largest absolute Gasteiger partial charge is 0.480 e. The lowest BCUT2D eigenvalue weighted by Gasteiger charge is -2.19. The summed E-state index contributed by atoms with van der Waals surface area (Å²) in [5.74, 6) is -1.77. The lowest BCUT2D eigenvalue weighted by Crippen LogP contribution is -2.45. The number of nitrogens with zero attached hydrogens (tertiary/aromatic N) is 1. The zero-order valence-electron chi connectivity index (χ0n) is 12.8. The van der Waals surface area contributed by atoms with Crippen molar-refractivity contribution < 1.29 is 24.6 Å². The van der Waals surface area contributed by atoms with E-state index in [0.29, 0.717) is 12.5 Å². The third-order valence-electron chi connectivity index (χ3n) is 2.92. The van der Waals surface area contributed by atoms with Gasteiger partial charge in [-0.2, -0.15) is 0 Å². The standard InChI is InChI=1S/C14H26N2O5/c1-11(2)7-5-3-4-6-8-15-14(21)16(9-12(17)18)10-13(19)20/h11H,3-10H2,1-2H3,(H,15,21)(H,17,18)(H,19,20). The first-order chi connectivity index (χ1) is 9.82. The van der Waals surface area contributed by atoms with Crippen LogP contribution in [0.2, 0.25) is 0 Å². The van der Waals surface area contributed by atoms with E-state index < -0.39 is 31.1 Å². The molecule has 7 nitrogen and oxygen atoms in total. The fourth-order valence-electron chi connectivity index (χ4n) is 1.86. The predicted octanol–water partition coefficient (Wildman–Crippen LogP) is 1.77. The summed E-state index contributed by atoms with van der Waals surface area (Å²) >= 11 is 0. The van der Waals surface area contributed by atoms with Gasteiger partial charge in [0.2, 0.25) is 0 Å². The molecule has 0 aliphatic heterocycles. The number of hydrogen-bond acceptors (Lipinski definition) is 3. The Kier molecular flexibility index (Phi) is 10.0. The van der Waals surface area contributed by atoms with Crippen LogP contribution >= 0.6 is 0 Å². The number of hydrogen-bond donors (Lipinski definition) is 3. The van der Waals surface area contributed by atoms with Crippen LogP contribution in [-0.4, -0.2) is 52.7 Å². The average Bonchev–Trinajstić information content (AvgIpc) is 2.35. The lowest BCUT2D eigenvalue weighted by atomic mass is 10.0. The van der Waals surface area contributed by atoms with Gasteiger partial charge in [0.05, 0.1) is 0 Å². The third kappa shape index (κ3) is 11.7. The van der Waals surface area contributed by atoms with Gasteiger partial charge in [-0.3, -0.25) is 9.59 Å². The molecular formula is C14H26N2O5. The maximum absolute atomic E-state index is 11.7. The Morgan fingerprint density at radius 1 is 0.952 bits per heavy atom. The van der Waals surface area contributed by atoms with Crippen molar-refractivity contribution in [2.45, 2.75) is 46.0 Å². The van der Waals surface area contributed by atoms with Crippen LogP contribution < -0.4 is 5.32 Å². The van der Waals surface area contributed by atoms with Crippen LogP contribution in [0, 0.1) is 5.92 Å². The van der Waals surface area contributed by atoms with Gasteiger partial charge in [0.25, 0.3) is 0 Å². The molecule has 0 saturated heterocycles. The summed E-state index contributed by atoms with van der Waals surface area (Å²) in [4.78, 5) is 33.6. The first kappa shape index (κ1) is 19.2. The van der Waals surface area contributed by atoms with Gasteiger partial charge in [-0.25, -0.2) is 4.79 Å². The van der Waals surface area contributed by atoms with Crippen LogP contribution in [0.4, 0.5) is 4.79 Å². The van der Waals surface area contributed by atoms with E-state index in [4.69, 9.17) is 10.2 Å². The van der Waals surface area contributed by atoms with Gasteiger partial charge < -0.3 is 20.4 Å². The first-order valence-electron chi connectivity index (χ1n) is 7.29. The van der Waals surface area contributed by atoms with Gasteiger partial charge >= 0.3 is 18.0 Å². The summed E-state index contributed by atoms with van der Waals surface area (Å²) < 4.78 is 0. The molecule has 3 N–H and O–H groups in total. The molecule has 0 unspecified atom stereocenters. The number of amides is 2.